The molecule has 0 aliphatic carbocycles. The number of nitrogens with two attached hydrogens (primary N) is 1. The molecule has 0 fully saturated rings. The van der Waals surface area contributed by atoms with Crippen molar-refractivity contribution in [2.24, 2.45) is 5.73 Å². The number of hydrogen-bond acceptors (Lipinski definition) is 5. The van der Waals surface area contributed by atoms with Gasteiger partial charge in [-0.2, -0.15) is 0 Å². The molecule has 0 aromatic heterocycles. The Bertz CT molecular complexity index is 802. The quantitative estimate of drug-likeness (QED) is 0.0332. The number of rotatable bonds is 39. The fourth-order valence-electron chi connectivity index (χ4n) is 6.55. The maximum Gasteiger partial charge on any atom is 0.326 e. The maximum absolute atomic E-state index is 12.8. The maximum atomic E-state index is 12.8. The molecule has 294 valence electrons. The third-order valence-corrected chi connectivity index (χ3v) is 9.83. The van der Waals surface area contributed by atoms with Crippen molar-refractivity contribution in [2.45, 2.75) is 238 Å². The minimum absolute atomic E-state index is 0.0157. The Balaban J connectivity index is 4.31. The van der Waals surface area contributed by atoms with Gasteiger partial charge in [0.1, 0.15) is 12.1 Å². The first kappa shape index (κ1) is 48.1. The van der Waals surface area contributed by atoms with Gasteiger partial charge in [-0.3, -0.25) is 9.59 Å². The molecule has 0 bridgehead atoms. The van der Waals surface area contributed by atoms with Crippen molar-refractivity contribution in [1.82, 2.24) is 5.32 Å². The Morgan fingerprint density at radius 2 is 1.00 bits per heavy atom. The number of carbonyl (C=O) groups is 3. The summed E-state index contributed by atoms with van der Waals surface area (Å²) in [6.45, 7) is 4.92. The van der Waals surface area contributed by atoms with Crippen molar-refractivity contribution < 1.29 is 24.2 Å². The summed E-state index contributed by atoms with van der Waals surface area (Å²) in [5, 5.41) is 11.9. The van der Waals surface area contributed by atoms with E-state index in [9.17, 15) is 19.5 Å². The number of carbonyl (C=O) groups excluding carboxylic acids is 2. The van der Waals surface area contributed by atoms with E-state index in [1.54, 1.807) is 0 Å². The molecule has 1 amide bonds. The van der Waals surface area contributed by atoms with E-state index in [-0.39, 0.29) is 18.0 Å². The Kier molecular flexibility index (Phi) is 36.9. The van der Waals surface area contributed by atoms with Gasteiger partial charge in [-0.05, 0) is 77.2 Å². The van der Waals surface area contributed by atoms with Crippen molar-refractivity contribution in [2.75, 3.05) is 6.54 Å². The number of allylic oxidation sites excluding steroid dienone is 2. The van der Waals surface area contributed by atoms with E-state index in [1.165, 1.54) is 122 Å². The highest BCUT2D eigenvalue weighted by molar-refractivity contribution is 5.83. The van der Waals surface area contributed by atoms with Gasteiger partial charge in [0.15, 0.2) is 0 Å². The zero-order valence-electron chi connectivity index (χ0n) is 33.0. The predicted molar refractivity (Wildman–Crippen MR) is 211 cm³/mol. The number of aliphatic carboxylic acids is 1. The summed E-state index contributed by atoms with van der Waals surface area (Å²) >= 11 is 0. The van der Waals surface area contributed by atoms with Gasteiger partial charge in [0, 0.05) is 12.8 Å². The van der Waals surface area contributed by atoms with Crippen LogP contribution >= 0.6 is 0 Å². The van der Waals surface area contributed by atoms with E-state index < -0.39 is 12.0 Å². The van der Waals surface area contributed by atoms with Crippen molar-refractivity contribution in [3.8, 4) is 0 Å². The average Bonchev–Trinajstić information content (AvgIpc) is 3.10. The molecule has 2 atom stereocenters. The second kappa shape index (κ2) is 38.3. The van der Waals surface area contributed by atoms with Gasteiger partial charge < -0.3 is 20.9 Å². The molecule has 4 N–H and O–H groups in total. The molecule has 0 saturated heterocycles. The first-order valence-electron chi connectivity index (χ1n) is 21.5. The monoisotopic (exact) mass is 707 g/mol. The normalized spacial score (nSPS) is 12.7. The number of carboxylic acid groups (broad SMARTS) is 1. The molecule has 0 aliphatic heterocycles. The Hall–Kier alpha value is -1.89. The number of carboxylic acids is 1. The van der Waals surface area contributed by atoms with E-state index in [0.29, 0.717) is 32.2 Å². The molecule has 7 heteroatoms. The molecule has 0 radical (unpaired) electrons. The molecule has 0 rings (SSSR count). The largest absolute Gasteiger partial charge is 0.480 e. The second-order valence-corrected chi connectivity index (χ2v) is 14.8. The first-order valence-corrected chi connectivity index (χ1v) is 21.5. The standard InChI is InChI=1S/C43H82N2O5/c1-3-5-7-9-11-13-15-16-18-19-21-24-28-33-39(50-42(47)37-31-27-22-20-17-14-12-10-8-6-4-2)34-29-25-23-26-30-36-41(46)45-40(43(48)49)35-32-38-44/h10,12,39-40H,3-9,11,13-38,44H2,1-2H3,(H,45,46)(H,48,49)/b12-10-. The summed E-state index contributed by atoms with van der Waals surface area (Å²) in [5.41, 5.74) is 5.48. The summed E-state index contributed by atoms with van der Waals surface area (Å²) in [6.07, 6.45) is 41.1. The van der Waals surface area contributed by atoms with Crippen LogP contribution in [0.2, 0.25) is 0 Å². The highest BCUT2D eigenvalue weighted by atomic mass is 16.5. The summed E-state index contributed by atoms with van der Waals surface area (Å²) in [7, 11) is 0. The van der Waals surface area contributed by atoms with Gasteiger partial charge in [-0.15, -0.1) is 0 Å². The van der Waals surface area contributed by atoms with Crippen LogP contribution < -0.4 is 11.1 Å². The number of hydrogen-bond donors (Lipinski definition) is 3. The van der Waals surface area contributed by atoms with Crippen LogP contribution in [0.15, 0.2) is 12.2 Å². The van der Waals surface area contributed by atoms with Gasteiger partial charge >= 0.3 is 11.9 Å². The zero-order valence-corrected chi connectivity index (χ0v) is 33.0. The molecular weight excluding hydrogens is 624 g/mol. The SMILES string of the molecule is CCCC/C=C\CCCCCCCC(=O)OC(CCCCCCCCCCCCCCC)CCCCCCCC(=O)NC(CCCN)C(=O)O. The molecule has 50 heavy (non-hydrogen) atoms. The third kappa shape index (κ3) is 34.6. The van der Waals surface area contributed by atoms with E-state index in [1.807, 2.05) is 0 Å². The van der Waals surface area contributed by atoms with Gasteiger partial charge in [0.2, 0.25) is 5.91 Å². The van der Waals surface area contributed by atoms with Crippen LogP contribution in [-0.4, -0.2) is 41.6 Å². The smallest absolute Gasteiger partial charge is 0.326 e. The third-order valence-electron chi connectivity index (χ3n) is 9.83. The lowest BCUT2D eigenvalue weighted by atomic mass is 10.0. The molecule has 0 spiro atoms. The van der Waals surface area contributed by atoms with E-state index in [0.717, 1.165) is 64.2 Å². The molecule has 0 aromatic carbocycles. The van der Waals surface area contributed by atoms with Crippen molar-refractivity contribution in [3.63, 3.8) is 0 Å². The Morgan fingerprint density at radius 1 is 0.560 bits per heavy atom. The number of amides is 1. The lowest BCUT2D eigenvalue weighted by Crippen LogP contribution is -2.40. The summed E-state index contributed by atoms with van der Waals surface area (Å²) in [6, 6.07) is -0.854. The van der Waals surface area contributed by atoms with Gasteiger partial charge in [0.05, 0.1) is 0 Å². The highest BCUT2D eigenvalue weighted by Gasteiger charge is 2.19. The highest BCUT2D eigenvalue weighted by Crippen LogP contribution is 2.19. The molecule has 0 saturated carbocycles. The van der Waals surface area contributed by atoms with Crippen LogP contribution in [0.1, 0.15) is 226 Å². The summed E-state index contributed by atoms with van der Waals surface area (Å²) in [4.78, 5) is 36.3. The number of esters is 1. The predicted octanol–water partition coefficient (Wildman–Crippen LogP) is 11.9. The van der Waals surface area contributed by atoms with Crippen LogP contribution in [0.4, 0.5) is 0 Å². The minimum atomic E-state index is -1.00. The molecule has 0 heterocycles. The summed E-state index contributed by atoms with van der Waals surface area (Å²) < 4.78 is 6.04. The van der Waals surface area contributed by atoms with Crippen LogP contribution in [-0.2, 0) is 19.1 Å². The van der Waals surface area contributed by atoms with Gasteiger partial charge in [0.25, 0.3) is 0 Å². The molecule has 2 unspecified atom stereocenters. The van der Waals surface area contributed by atoms with Crippen molar-refractivity contribution >= 4 is 17.8 Å². The molecule has 7 nitrogen and oxygen atoms in total. The van der Waals surface area contributed by atoms with Crippen LogP contribution in [0.25, 0.3) is 0 Å². The lowest BCUT2D eigenvalue weighted by Gasteiger charge is -2.18. The number of unbranched alkanes of at least 4 members (excludes halogenated alkanes) is 23. The van der Waals surface area contributed by atoms with E-state index in [2.05, 4.69) is 31.3 Å². The summed E-state index contributed by atoms with van der Waals surface area (Å²) in [5.74, 6) is -1.23. The topological polar surface area (TPSA) is 119 Å². The fraction of sp³-hybridized carbons (Fsp3) is 0.884. The Morgan fingerprint density at radius 3 is 1.50 bits per heavy atom. The van der Waals surface area contributed by atoms with Crippen LogP contribution in [0, 0.1) is 0 Å². The lowest BCUT2D eigenvalue weighted by molar-refractivity contribution is -0.150. The van der Waals surface area contributed by atoms with Crippen molar-refractivity contribution in [3.05, 3.63) is 12.2 Å². The van der Waals surface area contributed by atoms with Crippen molar-refractivity contribution in [1.29, 1.82) is 0 Å². The number of nitrogens with one attached hydrogen (secondary N) is 1. The van der Waals surface area contributed by atoms with E-state index >= 15 is 0 Å². The zero-order chi connectivity index (χ0) is 36.8. The van der Waals surface area contributed by atoms with Crippen LogP contribution in [0.3, 0.4) is 0 Å². The number of ether oxygens (including phenoxy) is 1. The van der Waals surface area contributed by atoms with Crippen LogP contribution in [0.5, 0.6) is 0 Å². The van der Waals surface area contributed by atoms with Gasteiger partial charge in [-0.1, -0.05) is 154 Å². The molecule has 0 aliphatic rings. The Labute approximate surface area is 309 Å². The average molecular weight is 707 g/mol. The fourth-order valence-corrected chi connectivity index (χ4v) is 6.55. The first-order chi connectivity index (χ1) is 24.4. The molecule has 0 aromatic rings. The molecular formula is C43H82N2O5. The minimum Gasteiger partial charge on any atom is -0.480 e. The van der Waals surface area contributed by atoms with E-state index in [4.69, 9.17) is 10.5 Å². The second-order valence-electron chi connectivity index (χ2n) is 14.8. The van der Waals surface area contributed by atoms with Gasteiger partial charge in [-0.25, -0.2) is 4.79 Å².